The maximum absolute atomic E-state index is 12.1. The van der Waals surface area contributed by atoms with Crippen molar-refractivity contribution in [1.29, 1.82) is 0 Å². The Morgan fingerprint density at radius 2 is 2.12 bits per heavy atom. The van der Waals surface area contributed by atoms with E-state index >= 15 is 0 Å². The summed E-state index contributed by atoms with van der Waals surface area (Å²) in [5, 5.41) is 0. The van der Waals surface area contributed by atoms with Crippen molar-refractivity contribution < 1.29 is 14.3 Å². The van der Waals surface area contributed by atoms with Gasteiger partial charge in [0.2, 0.25) is 0 Å². The maximum atomic E-state index is 12.1. The molecule has 1 heterocycles. The number of hydrogen-bond acceptors (Lipinski definition) is 3. The normalized spacial score (nSPS) is 22.1. The number of hydrogen-bond donors (Lipinski definition) is 0. The number of rotatable bonds is 4. The van der Waals surface area contributed by atoms with Crippen molar-refractivity contribution in [2.45, 2.75) is 19.4 Å². The summed E-state index contributed by atoms with van der Waals surface area (Å²) >= 11 is 0. The zero-order valence-corrected chi connectivity index (χ0v) is 10.1. The number of ketones is 1. The van der Waals surface area contributed by atoms with E-state index in [2.05, 4.69) is 0 Å². The first-order chi connectivity index (χ1) is 8.27. The summed E-state index contributed by atoms with van der Waals surface area (Å²) in [6.07, 6.45) is 0.791. The number of carbonyl (C=O) groups excluding carboxylic acids is 1. The van der Waals surface area contributed by atoms with E-state index in [1.54, 1.807) is 0 Å². The molecule has 0 N–H and O–H groups in total. The summed E-state index contributed by atoms with van der Waals surface area (Å²) in [5.74, 6) is 0.156. The minimum atomic E-state index is -0.0240. The van der Waals surface area contributed by atoms with Crippen LogP contribution in [0.5, 0.6) is 0 Å². The third-order valence-corrected chi connectivity index (χ3v) is 3.01. The quantitative estimate of drug-likeness (QED) is 0.750. The van der Waals surface area contributed by atoms with Crippen LogP contribution in [0.1, 0.15) is 23.7 Å². The molecular formula is C14H18O3. The number of benzene rings is 1. The molecule has 0 amide bonds. The predicted octanol–water partition coefficient (Wildman–Crippen LogP) is 2.31. The van der Waals surface area contributed by atoms with Crippen molar-refractivity contribution in [3.05, 3.63) is 35.9 Å². The molecule has 2 atom stereocenters. The standard InChI is InChI=1S/C14H18O3/c1-11(9-13-10-16-7-8-17-13)14(15)12-5-3-2-4-6-12/h2-6,11,13H,7-10H2,1H3. The second kappa shape index (κ2) is 5.94. The molecule has 0 radical (unpaired) electrons. The monoisotopic (exact) mass is 234 g/mol. The lowest BCUT2D eigenvalue weighted by molar-refractivity contribution is -0.0936. The van der Waals surface area contributed by atoms with Crippen molar-refractivity contribution in [2.24, 2.45) is 5.92 Å². The third kappa shape index (κ3) is 3.38. The largest absolute Gasteiger partial charge is 0.376 e. The average Bonchev–Trinajstić information content (AvgIpc) is 2.40. The predicted molar refractivity (Wildman–Crippen MR) is 65.1 cm³/mol. The molecule has 17 heavy (non-hydrogen) atoms. The topological polar surface area (TPSA) is 35.5 Å². The molecule has 1 aromatic rings. The fourth-order valence-electron chi connectivity index (χ4n) is 2.06. The highest BCUT2D eigenvalue weighted by atomic mass is 16.6. The minimum Gasteiger partial charge on any atom is -0.376 e. The van der Waals surface area contributed by atoms with Gasteiger partial charge in [0.25, 0.3) is 0 Å². The molecule has 92 valence electrons. The van der Waals surface area contributed by atoms with Gasteiger partial charge in [-0.2, -0.15) is 0 Å². The Morgan fingerprint density at radius 3 is 2.76 bits per heavy atom. The van der Waals surface area contributed by atoms with Crippen LogP contribution in [-0.2, 0) is 9.47 Å². The van der Waals surface area contributed by atoms with Crippen molar-refractivity contribution in [2.75, 3.05) is 19.8 Å². The van der Waals surface area contributed by atoms with Crippen molar-refractivity contribution in [3.63, 3.8) is 0 Å². The van der Waals surface area contributed by atoms with Gasteiger partial charge in [-0.1, -0.05) is 37.3 Å². The highest BCUT2D eigenvalue weighted by Crippen LogP contribution is 2.17. The zero-order chi connectivity index (χ0) is 12.1. The van der Waals surface area contributed by atoms with E-state index < -0.39 is 0 Å². The number of carbonyl (C=O) groups is 1. The Hall–Kier alpha value is -1.19. The second-order valence-electron chi connectivity index (χ2n) is 4.43. The summed E-state index contributed by atoms with van der Waals surface area (Å²) in [6, 6.07) is 9.41. The van der Waals surface area contributed by atoms with E-state index in [9.17, 15) is 4.79 Å². The van der Waals surface area contributed by atoms with Crippen LogP contribution in [0.2, 0.25) is 0 Å². The molecule has 2 rings (SSSR count). The summed E-state index contributed by atoms with van der Waals surface area (Å²) in [5.41, 5.74) is 0.775. The van der Waals surface area contributed by atoms with Crippen molar-refractivity contribution in [1.82, 2.24) is 0 Å². The Balaban J connectivity index is 1.91. The molecule has 1 aliphatic rings. The smallest absolute Gasteiger partial charge is 0.165 e. The van der Waals surface area contributed by atoms with Crippen molar-refractivity contribution >= 4 is 5.78 Å². The first-order valence-corrected chi connectivity index (χ1v) is 6.06. The van der Waals surface area contributed by atoms with Gasteiger partial charge in [-0.05, 0) is 6.42 Å². The van der Waals surface area contributed by atoms with Crippen LogP contribution >= 0.6 is 0 Å². The highest BCUT2D eigenvalue weighted by Gasteiger charge is 2.22. The van der Waals surface area contributed by atoms with Gasteiger partial charge < -0.3 is 9.47 Å². The fourth-order valence-corrected chi connectivity index (χ4v) is 2.06. The molecule has 2 unspecified atom stereocenters. The van der Waals surface area contributed by atoms with Gasteiger partial charge in [0, 0.05) is 11.5 Å². The van der Waals surface area contributed by atoms with E-state index in [-0.39, 0.29) is 17.8 Å². The first kappa shape index (κ1) is 12.3. The molecule has 1 saturated heterocycles. The molecule has 1 aliphatic heterocycles. The third-order valence-electron chi connectivity index (χ3n) is 3.01. The molecule has 1 fully saturated rings. The van der Waals surface area contributed by atoms with E-state index in [4.69, 9.17) is 9.47 Å². The molecule has 3 nitrogen and oxygen atoms in total. The van der Waals surface area contributed by atoms with Gasteiger partial charge in [0.1, 0.15) is 0 Å². The zero-order valence-electron chi connectivity index (χ0n) is 10.1. The Kier molecular flexibility index (Phi) is 4.29. The van der Waals surface area contributed by atoms with Gasteiger partial charge in [-0.25, -0.2) is 0 Å². The molecule has 0 saturated carbocycles. The Morgan fingerprint density at radius 1 is 1.35 bits per heavy atom. The minimum absolute atomic E-state index is 0.0240. The van der Waals surface area contributed by atoms with Crippen LogP contribution in [0.4, 0.5) is 0 Å². The van der Waals surface area contributed by atoms with Gasteiger partial charge >= 0.3 is 0 Å². The summed E-state index contributed by atoms with van der Waals surface area (Å²) in [7, 11) is 0. The lowest BCUT2D eigenvalue weighted by Crippen LogP contribution is -2.31. The Labute approximate surface area is 102 Å². The average molecular weight is 234 g/mol. The van der Waals surface area contributed by atoms with Gasteiger partial charge in [0.15, 0.2) is 5.78 Å². The molecular weight excluding hydrogens is 216 g/mol. The van der Waals surface area contributed by atoms with E-state index in [0.29, 0.717) is 19.8 Å². The summed E-state index contributed by atoms with van der Waals surface area (Å²) in [6.45, 7) is 3.86. The van der Waals surface area contributed by atoms with Crippen LogP contribution in [0, 0.1) is 5.92 Å². The van der Waals surface area contributed by atoms with Crippen molar-refractivity contribution in [3.8, 4) is 0 Å². The van der Waals surface area contributed by atoms with E-state index in [1.165, 1.54) is 0 Å². The molecule has 3 heteroatoms. The van der Waals surface area contributed by atoms with Crippen LogP contribution in [0.3, 0.4) is 0 Å². The van der Waals surface area contributed by atoms with E-state index in [0.717, 1.165) is 12.0 Å². The molecule has 0 spiro atoms. The van der Waals surface area contributed by atoms with Crippen LogP contribution in [0.25, 0.3) is 0 Å². The van der Waals surface area contributed by atoms with Crippen LogP contribution in [-0.4, -0.2) is 31.7 Å². The van der Waals surface area contributed by atoms with E-state index in [1.807, 2.05) is 37.3 Å². The molecule has 0 aromatic heterocycles. The molecule has 0 aliphatic carbocycles. The molecule has 1 aromatic carbocycles. The first-order valence-electron chi connectivity index (χ1n) is 6.06. The summed E-state index contributed by atoms with van der Waals surface area (Å²) < 4.78 is 10.9. The second-order valence-corrected chi connectivity index (χ2v) is 4.43. The lowest BCUT2D eigenvalue weighted by atomic mass is 9.94. The molecule has 0 bridgehead atoms. The fraction of sp³-hybridized carbons (Fsp3) is 0.500. The number of Topliss-reactive ketones (excluding diaryl/α,β-unsaturated/α-hetero) is 1. The van der Waals surface area contributed by atoms with Gasteiger partial charge in [-0.3, -0.25) is 4.79 Å². The highest BCUT2D eigenvalue weighted by molar-refractivity contribution is 5.97. The van der Waals surface area contributed by atoms with Crippen LogP contribution < -0.4 is 0 Å². The maximum Gasteiger partial charge on any atom is 0.165 e. The lowest BCUT2D eigenvalue weighted by Gasteiger charge is -2.25. The van der Waals surface area contributed by atoms with Crippen LogP contribution in [0.15, 0.2) is 30.3 Å². The number of ether oxygens (including phenoxy) is 2. The summed E-state index contributed by atoms with van der Waals surface area (Å²) in [4.78, 5) is 12.1. The van der Waals surface area contributed by atoms with Gasteiger partial charge in [0.05, 0.1) is 25.9 Å². The van der Waals surface area contributed by atoms with Gasteiger partial charge in [-0.15, -0.1) is 0 Å². The Bertz CT molecular complexity index is 355. The SMILES string of the molecule is CC(CC1COCCO1)C(=O)c1ccccc1.